The van der Waals surface area contributed by atoms with E-state index in [2.05, 4.69) is 18.7 Å². The van der Waals surface area contributed by atoms with Crippen molar-refractivity contribution in [2.24, 2.45) is 5.92 Å². The second-order valence-corrected chi connectivity index (χ2v) is 9.23. The molecule has 2 aromatic carbocycles. The van der Waals surface area contributed by atoms with Crippen LogP contribution in [0.4, 0.5) is 0 Å². The van der Waals surface area contributed by atoms with Crippen LogP contribution in [0.1, 0.15) is 62.6 Å². The first-order valence-electron chi connectivity index (χ1n) is 12.6. The topological polar surface area (TPSA) is 79.3 Å². The Hall–Kier alpha value is -3.06. The van der Waals surface area contributed by atoms with E-state index in [-0.39, 0.29) is 18.8 Å². The van der Waals surface area contributed by atoms with E-state index in [1.54, 1.807) is 0 Å². The highest BCUT2D eigenvalue weighted by Crippen LogP contribution is 2.46. The Morgan fingerprint density at radius 2 is 1.69 bits per heavy atom. The number of fused-ring (bicyclic) bond motifs is 1. The highest BCUT2D eigenvalue weighted by Gasteiger charge is 2.46. The molecule has 2 aliphatic heterocycles. The number of aliphatic carboxylic acids is 1. The number of likely N-dealkylation sites (tertiary alicyclic amines) is 1. The predicted octanol–water partition coefficient (Wildman–Crippen LogP) is 4.93. The second-order valence-electron chi connectivity index (χ2n) is 9.23. The first-order valence-corrected chi connectivity index (χ1v) is 12.6. The largest absolute Gasteiger partial charge is 0.481 e. The summed E-state index contributed by atoms with van der Waals surface area (Å²) in [5.74, 6) is 0.0555. The third kappa shape index (κ3) is 6.75. The summed E-state index contributed by atoms with van der Waals surface area (Å²) in [4.78, 5) is 26.5. The summed E-state index contributed by atoms with van der Waals surface area (Å²) in [7, 11) is 1.99. The van der Waals surface area contributed by atoms with Crippen LogP contribution in [0.5, 0.6) is 11.5 Å². The van der Waals surface area contributed by atoms with Gasteiger partial charge in [-0.2, -0.15) is 0 Å². The van der Waals surface area contributed by atoms with Crippen LogP contribution in [0.3, 0.4) is 0 Å². The number of carboxylic acids is 1. The fraction of sp³-hybridized carbons (Fsp3) is 0.500. The highest BCUT2D eigenvalue weighted by atomic mass is 16.7. The van der Waals surface area contributed by atoms with Crippen molar-refractivity contribution in [3.63, 3.8) is 0 Å². The van der Waals surface area contributed by atoms with Crippen LogP contribution in [-0.4, -0.2) is 60.8 Å². The molecular formula is C28H38N2O5. The zero-order chi connectivity index (χ0) is 25.2. The summed E-state index contributed by atoms with van der Waals surface area (Å²) in [6, 6.07) is 15.5. The van der Waals surface area contributed by atoms with Gasteiger partial charge in [-0.3, -0.25) is 14.5 Å². The number of amides is 1. The van der Waals surface area contributed by atoms with Crippen LogP contribution in [0.25, 0.3) is 0 Å². The van der Waals surface area contributed by atoms with Gasteiger partial charge in [0.05, 0.1) is 5.92 Å². The molecule has 1 fully saturated rings. The predicted molar refractivity (Wildman–Crippen MR) is 136 cm³/mol. The highest BCUT2D eigenvalue weighted by molar-refractivity contribution is 5.73. The van der Waals surface area contributed by atoms with Gasteiger partial charge in [-0.1, -0.05) is 63.1 Å². The van der Waals surface area contributed by atoms with Gasteiger partial charge < -0.3 is 19.5 Å². The number of unbranched alkanes of at least 4 members (excludes halogenated alkanes) is 2. The molecule has 7 heteroatoms. The van der Waals surface area contributed by atoms with Crippen LogP contribution < -0.4 is 9.47 Å². The molecule has 0 bridgehead atoms. The van der Waals surface area contributed by atoms with Crippen LogP contribution in [0.15, 0.2) is 48.5 Å². The second kappa shape index (κ2) is 13.1. The molecule has 1 amide bonds. The molecule has 190 valence electrons. The average Bonchev–Trinajstić information content (AvgIpc) is 3.49. The molecule has 2 heterocycles. The molecule has 0 spiro atoms. The molecule has 0 aliphatic carbocycles. The van der Waals surface area contributed by atoms with Crippen LogP contribution >= 0.6 is 0 Å². The van der Waals surface area contributed by atoms with Crippen molar-refractivity contribution in [3.05, 3.63) is 59.7 Å². The summed E-state index contributed by atoms with van der Waals surface area (Å²) in [6.07, 6.45) is 5.54. The molecule has 7 nitrogen and oxygen atoms in total. The minimum atomic E-state index is -0.768. The standard InChI is InChI=1S/C19H19NO4.C9H19NO/c1-20-10-14(13-7-8-15-16(9-13)24-11-23-15)17(19(21)22)18(20)12-5-3-2-4-6-12;1-3-5-7-10(9-11)8-6-4-2/h2-9,14,17-18H,10-11H2,1H3,(H,21,22);9H,3-8H2,1-2H3. The third-order valence-corrected chi connectivity index (χ3v) is 6.73. The zero-order valence-electron chi connectivity index (χ0n) is 21.1. The average molecular weight is 483 g/mol. The molecular weight excluding hydrogens is 444 g/mol. The maximum atomic E-state index is 12.1. The van der Waals surface area contributed by atoms with Gasteiger partial charge in [-0.05, 0) is 43.1 Å². The summed E-state index contributed by atoms with van der Waals surface area (Å²) >= 11 is 0. The fourth-order valence-electron chi connectivity index (χ4n) is 4.85. The van der Waals surface area contributed by atoms with Crippen molar-refractivity contribution in [2.45, 2.75) is 51.5 Å². The van der Waals surface area contributed by atoms with Crippen molar-refractivity contribution in [3.8, 4) is 11.5 Å². The molecule has 2 aromatic rings. The Labute approximate surface area is 208 Å². The lowest BCUT2D eigenvalue weighted by atomic mass is 9.83. The maximum absolute atomic E-state index is 12.1. The van der Waals surface area contributed by atoms with Gasteiger partial charge in [0, 0.05) is 31.6 Å². The van der Waals surface area contributed by atoms with E-state index < -0.39 is 11.9 Å². The van der Waals surface area contributed by atoms with Crippen LogP contribution in [0, 0.1) is 5.92 Å². The third-order valence-electron chi connectivity index (χ3n) is 6.73. The lowest BCUT2D eigenvalue weighted by Crippen LogP contribution is -2.26. The van der Waals surface area contributed by atoms with Crippen molar-refractivity contribution >= 4 is 12.4 Å². The van der Waals surface area contributed by atoms with E-state index >= 15 is 0 Å². The Morgan fingerprint density at radius 3 is 2.29 bits per heavy atom. The Morgan fingerprint density at radius 1 is 1.03 bits per heavy atom. The number of rotatable bonds is 10. The molecule has 0 saturated carbocycles. The number of carbonyl (C=O) groups is 2. The van der Waals surface area contributed by atoms with E-state index in [9.17, 15) is 14.7 Å². The molecule has 1 N–H and O–H groups in total. The van der Waals surface area contributed by atoms with Crippen molar-refractivity contribution in [1.29, 1.82) is 0 Å². The molecule has 3 unspecified atom stereocenters. The Bertz CT molecular complexity index is 944. The Balaban J connectivity index is 0.000000266. The summed E-state index contributed by atoms with van der Waals surface area (Å²) in [6.45, 7) is 7.06. The number of hydrogen-bond donors (Lipinski definition) is 1. The van der Waals surface area contributed by atoms with Gasteiger partial charge in [-0.15, -0.1) is 0 Å². The van der Waals surface area contributed by atoms with Crippen molar-refractivity contribution in [1.82, 2.24) is 9.80 Å². The van der Waals surface area contributed by atoms with E-state index in [4.69, 9.17) is 9.47 Å². The monoisotopic (exact) mass is 482 g/mol. The van der Waals surface area contributed by atoms with Gasteiger partial charge in [0.15, 0.2) is 11.5 Å². The number of nitrogens with zero attached hydrogens (tertiary/aromatic N) is 2. The van der Waals surface area contributed by atoms with Gasteiger partial charge in [0.2, 0.25) is 13.2 Å². The van der Waals surface area contributed by atoms with E-state index in [1.165, 1.54) is 0 Å². The molecule has 3 atom stereocenters. The molecule has 2 aliphatic rings. The number of likely N-dealkylation sites (N-methyl/N-ethyl adjacent to an activating group) is 1. The van der Waals surface area contributed by atoms with Gasteiger partial charge >= 0.3 is 5.97 Å². The lowest BCUT2D eigenvalue weighted by Gasteiger charge is -2.24. The zero-order valence-corrected chi connectivity index (χ0v) is 21.1. The van der Waals surface area contributed by atoms with E-state index in [0.717, 1.165) is 62.1 Å². The number of hydrogen-bond acceptors (Lipinski definition) is 5. The van der Waals surface area contributed by atoms with Crippen LogP contribution in [-0.2, 0) is 9.59 Å². The number of carbonyl (C=O) groups excluding carboxylic acids is 1. The quantitative estimate of drug-likeness (QED) is 0.484. The van der Waals surface area contributed by atoms with Gasteiger partial charge in [0.25, 0.3) is 0 Å². The number of benzene rings is 2. The van der Waals surface area contributed by atoms with Crippen molar-refractivity contribution in [2.75, 3.05) is 33.5 Å². The minimum absolute atomic E-state index is 0.0905. The van der Waals surface area contributed by atoms with Gasteiger partial charge in [0.1, 0.15) is 0 Å². The van der Waals surface area contributed by atoms with E-state index in [1.807, 2.05) is 60.5 Å². The molecule has 35 heavy (non-hydrogen) atoms. The number of carboxylic acid groups (broad SMARTS) is 1. The first kappa shape index (κ1) is 26.5. The summed E-state index contributed by atoms with van der Waals surface area (Å²) < 4.78 is 10.8. The molecule has 1 saturated heterocycles. The van der Waals surface area contributed by atoms with Gasteiger partial charge in [-0.25, -0.2) is 0 Å². The molecule has 4 rings (SSSR count). The van der Waals surface area contributed by atoms with E-state index in [0.29, 0.717) is 12.3 Å². The smallest absolute Gasteiger partial charge is 0.309 e. The minimum Gasteiger partial charge on any atom is -0.481 e. The summed E-state index contributed by atoms with van der Waals surface area (Å²) in [5, 5.41) is 9.91. The van der Waals surface area contributed by atoms with Crippen molar-refractivity contribution < 1.29 is 24.2 Å². The first-order chi connectivity index (χ1) is 17.0. The fourth-order valence-corrected chi connectivity index (χ4v) is 4.85. The normalized spacial score (nSPS) is 20.7. The van der Waals surface area contributed by atoms with Crippen LogP contribution in [0.2, 0.25) is 0 Å². The number of ether oxygens (including phenoxy) is 2. The maximum Gasteiger partial charge on any atom is 0.309 e. The SMILES string of the molecule is CCCCN(C=O)CCCC.CN1CC(c2ccc3c(c2)OCO3)C(C(=O)O)C1c1ccccc1. The lowest BCUT2D eigenvalue weighted by molar-refractivity contribution is -0.143. The Kier molecular flexibility index (Phi) is 9.97. The summed E-state index contributed by atoms with van der Waals surface area (Å²) in [5.41, 5.74) is 2.02. The molecule has 0 radical (unpaired) electrons. The molecule has 0 aromatic heterocycles.